The molecule has 4 rings (SSSR count). The van der Waals surface area contributed by atoms with Crippen LogP contribution >= 0.6 is 0 Å². The third kappa shape index (κ3) is 6.66. The van der Waals surface area contributed by atoms with Crippen LogP contribution in [-0.2, 0) is 11.0 Å². The van der Waals surface area contributed by atoms with Gasteiger partial charge in [-0.3, -0.25) is 4.79 Å². The Morgan fingerprint density at radius 3 is 2.22 bits per heavy atom. The Bertz CT molecular complexity index is 1280. The molecule has 12 heteroatoms. The first kappa shape index (κ1) is 25.7. The highest BCUT2D eigenvalue weighted by atomic mass is 19.4. The van der Waals surface area contributed by atoms with Gasteiger partial charge in [-0.25, -0.2) is 14.8 Å². The molecule has 0 radical (unpaired) electrons. The molecular formula is C25H25F3N6O3. The average molecular weight is 515 g/mol. The van der Waals surface area contributed by atoms with Crippen LogP contribution in [0.15, 0.2) is 54.9 Å². The van der Waals surface area contributed by atoms with E-state index in [2.05, 4.69) is 20.6 Å². The molecule has 3 aromatic rings. The molecule has 3 amide bonds. The third-order valence-corrected chi connectivity index (χ3v) is 5.81. The summed E-state index contributed by atoms with van der Waals surface area (Å²) in [5.74, 6) is 1.53. The van der Waals surface area contributed by atoms with Crippen LogP contribution in [0.5, 0.6) is 11.6 Å². The first-order chi connectivity index (χ1) is 17.6. The van der Waals surface area contributed by atoms with Gasteiger partial charge in [-0.05, 0) is 48.9 Å². The highest BCUT2D eigenvalue weighted by Gasteiger charge is 2.32. The smallest absolute Gasteiger partial charge is 0.416 e. The lowest BCUT2D eigenvalue weighted by Crippen LogP contribution is -2.48. The molecule has 1 aromatic heterocycles. The van der Waals surface area contributed by atoms with E-state index in [1.165, 1.54) is 25.4 Å². The first-order valence-corrected chi connectivity index (χ1v) is 11.4. The summed E-state index contributed by atoms with van der Waals surface area (Å²) in [5.41, 5.74) is -0.296. The number of nitrogens with zero attached hydrogens (tertiary/aromatic N) is 4. The van der Waals surface area contributed by atoms with Crippen LogP contribution in [0.3, 0.4) is 0 Å². The lowest BCUT2D eigenvalue weighted by molar-refractivity contribution is -0.138. The lowest BCUT2D eigenvalue weighted by Gasteiger charge is -2.34. The summed E-state index contributed by atoms with van der Waals surface area (Å²) in [6.45, 7) is 5.44. The molecule has 2 heterocycles. The number of alkyl halides is 3. The van der Waals surface area contributed by atoms with E-state index in [0.29, 0.717) is 49.3 Å². The van der Waals surface area contributed by atoms with E-state index in [1.807, 2.05) is 4.90 Å². The number of nitrogens with one attached hydrogen (secondary N) is 2. The van der Waals surface area contributed by atoms with Crippen LogP contribution < -0.4 is 20.3 Å². The monoisotopic (exact) mass is 514 g/mol. The van der Waals surface area contributed by atoms with Crippen molar-refractivity contribution in [1.82, 2.24) is 14.9 Å². The summed E-state index contributed by atoms with van der Waals surface area (Å²) < 4.78 is 45.1. The molecule has 2 aromatic carbocycles. The summed E-state index contributed by atoms with van der Waals surface area (Å²) in [6, 6.07) is 11.0. The third-order valence-electron chi connectivity index (χ3n) is 5.81. The SMILES string of the molecule is CC(=O)N1CCN(c2cc(Oc3ccc(NC(=O)Nc4ccc(C)c(C(F)(F)F)c4)cc3)ncn2)CC1. The molecule has 194 valence electrons. The van der Waals surface area contributed by atoms with E-state index in [9.17, 15) is 22.8 Å². The molecule has 2 N–H and O–H groups in total. The quantitative estimate of drug-likeness (QED) is 0.502. The molecule has 1 aliphatic heterocycles. The number of ether oxygens (including phenoxy) is 1. The van der Waals surface area contributed by atoms with Gasteiger partial charge < -0.3 is 25.2 Å². The second kappa shape index (κ2) is 10.7. The van der Waals surface area contributed by atoms with Gasteiger partial charge in [0.15, 0.2) is 0 Å². The summed E-state index contributed by atoms with van der Waals surface area (Å²) in [5, 5.41) is 4.98. The van der Waals surface area contributed by atoms with Crippen molar-refractivity contribution in [1.29, 1.82) is 0 Å². The van der Waals surface area contributed by atoms with E-state index in [-0.39, 0.29) is 17.2 Å². The molecule has 1 saturated heterocycles. The average Bonchev–Trinajstić information content (AvgIpc) is 2.86. The van der Waals surface area contributed by atoms with Crippen LogP contribution in [0.2, 0.25) is 0 Å². The molecule has 1 fully saturated rings. The molecule has 0 spiro atoms. The van der Waals surface area contributed by atoms with Crippen molar-refractivity contribution >= 4 is 29.1 Å². The van der Waals surface area contributed by atoms with Crippen molar-refractivity contribution in [2.24, 2.45) is 0 Å². The van der Waals surface area contributed by atoms with Gasteiger partial charge in [0.25, 0.3) is 0 Å². The molecule has 0 unspecified atom stereocenters. The largest absolute Gasteiger partial charge is 0.439 e. The Balaban J connectivity index is 1.34. The number of aromatic nitrogens is 2. The van der Waals surface area contributed by atoms with Gasteiger partial charge in [0.05, 0.1) is 5.56 Å². The predicted molar refractivity (Wildman–Crippen MR) is 132 cm³/mol. The maximum absolute atomic E-state index is 13.1. The van der Waals surface area contributed by atoms with Gasteiger partial charge in [-0.1, -0.05) is 6.07 Å². The molecule has 1 aliphatic rings. The molecular weight excluding hydrogens is 489 g/mol. The molecule has 9 nitrogen and oxygen atoms in total. The minimum Gasteiger partial charge on any atom is -0.439 e. The van der Waals surface area contributed by atoms with Gasteiger partial charge in [-0.2, -0.15) is 13.2 Å². The molecule has 37 heavy (non-hydrogen) atoms. The molecule has 0 aliphatic carbocycles. The number of anilines is 3. The Morgan fingerprint density at radius 2 is 1.57 bits per heavy atom. The molecule has 0 saturated carbocycles. The second-order valence-corrected chi connectivity index (χ2v) is 8.44. The van der Waals surface area contributed by atoms with Gasteiger partial charge in [-0.15, -0.1) is 0 Å². The molecule has 0 bridgehead atoms. The van der Waals surface area contributed by atoms with E-state index in [1.54, 1.807) is 42.2 Å². The zero-order valence-corrected chi connectivity index (χ0v) is 20.2. The Labute approximate surface area is 211 Å². The number of carbonyl (C=O) groups excluding carboxylic acids is 2. The highest BCUT2D eigenvalue weighted by Crippen LogP contribution is 2.33. The van der Waals surface area contributed by atoms with Crippen molar-refractivity contribution in [3.8, 4) is 11.6 Å². The van der Waals surface area contributed by atoms with Gasteiger partial charge >= 0.3 is 12.2 Å². The maximum atomic E-state index is 13.1. The summed E-state index contributed by atoms with van der Waals surface area (Å²) in [6.07, 6.45) is -3.11. The van der Waals surface area contributed by atoms with Crippen LogP contribution in [0.4, 0.5) is 35.2 Å². The topological polar surface area (TPSA) is 99.7 Å². The van der Waals surface area contributed by atoms with Crippen LogP contribution in [-0.4, -0.2) is 53.0 Å². The van der Waals surface area contributed by atoms with Crippen molar-refractivity contribution in [2.45, 2.75) is 20.0 Å². The number of halogens is 3. The minimum absolute atomic E-state index is 0.0256. The number of piperazine rings is 1. The van der Waals surface area contributed by atoms with Crippen molar-refractivity contribution in [3.05, 3.63) is 66.0 Å². The van der Waals surface area contributed by atoms with Crippen LogP contribution in [0.25, 0.3) is 0 Å². The van der Waals surface area contributed by atoms with Crippen LogP contribution in [0, 0.1) is 6.92 Å². The Hall–Kier alpha value is -4.35. The number of aryl methyl sites for hydroxylation is 1. The number of hydrogen-bond acceptors (Lipinski definition) is 6. The maximum Gasteiger partial charge on any atom is 0.416 e. The lowest BCUT2D eigenvalue weighted by atomic mass is 10.1. The van der Waals surface area contributed by atoms with Crippen molar-refractivity contribution in [2.75, 3.05) is 41.7 Å². The standard InChI is InChI=1S/C25H25F3N6O3/c1-16-3-4-19(13-21(16)25(26,27)28)32-24(36)31-18-5-7-20(8-6-18)37-23-14-22(29-15-30-23)34-11-9-33(10-12-34)17(2)35/h3-8,13-15H,9-12H2,1-2H3,(H2,31,32,36). The van der Waals surface area contributed by atoms with Gasteiger partial charge in [0, 0.05) is 50.5 Å². The number of benzene rings is 2. The summed E-state index contributed by atoms with van der Waals surface area (Å²) >= 11 is 0. The second-order valence-electron chi connectivity index (χ2n) is 8.44. The fraction of sp³-hybridized carbons (Fsp3) is 0.280. The zero-order chi connectivity index (χ0) is 26.6. The van der Waals surface area contributed by atoms with E-state index >= 15 is 0 Å². The number of urea groups is 1. The Morgan fingerprint density at radius 1 is 0.919 bits per heavy atom. The normalized spacial score (nSPS) is 13.8. The predicted octanol–water partition coefficient (Wildman–Crippen LogP) is 4.91. The van der Waals surface area contributed by atoms with E-state index < -0.39 is 17.8 Å². The highest BCUT2D eigenvalue weighted by molar-refractivity contribution is 5.99. The Kier molecular flexibility index (Phi) is 7.46. The van der Waals surface area contributed by atoms with Crippen LogP contribution in [0.1, 0.15) is 18.1 Å². The van der Waals surface area contributed by atoms with Crippen molar-refractivity contribution < 1.29 is 27.5 Å². The summed E-state index contributed by atoms with van der Waals surface area (Å²) in [7, 11) is 0. The zero-order valence-electron chi connectivity index (χ0n) is 20.2. The van der Waals surface area contributed by atoms with E-state index in [4.69, 9.17) is 4.74 Å². The fourth-order valence-corrected chi connectivity index (χ4v) is 3.83. The molecule has 0 atom stereocenters. The number of amides is 3. The van der Waals surface area contributed by atoms with E-state index in [0.717, 1.165) is 6.07 Å². The minimum atomic E-state index is -4.51. The number of hydrogen-bond donors (Lipinski definition) is 2. The fourth-order valence-electron chi connectivity index (χ4n) is 3.83. The number of carbonyl (C=O) groups is 2. The van der Waals surface area contributed by atoms with Gasteiger partial charge in [0.2, 0.25) is 11.8 Å². The summed E-state index contributed by atoms with van der Waals surface area (Å²) in [4.78, 5) is 36.1. The number of rotatable bonds is 5. The van der Waals surface area contributed by atoms with Crippen molar-refractivity contribution in [3.63, 3.8) is 0 Å². The first-order valence-electron chi connectivity index (χ1n) is 11.4. The van der Waals surface area contributed by atoms with Gasteiger partial charge in [0.1, 0.15) is 17.9 Å².